The highest BCUT2D eigenvalue weighted by molar-refractivity contribution is 5.97. The first-order valence-corrected chi connectivity index (χ1v) is 12.6. The van der Waals surface area contributed by atoms with Crippen molar-refractivity contribution in [3.8, 4) is 23.0 Å². The number of amides is 1. The number of methoxy groups -OCH3 is 1. The molecule has 1 saturated heterocycles. The Morgan fingerprint density at radius 2 is 1.81 bits per heavy atom. The van der Waals surface area contributed by atoms with Gasteiger partial charge in [-0.2, -0.15) is 0 Å². The number of para-hydroxylation sites is 2. The van der Waals surface area contributed by atoms with Gasteiger partial charge in [-0.05, 0) is 42.8 Å². The predicted molar refractivity (Wildman–Crippen MR) is 140 cm³/mol. The van der Waals surface area contributed by atoms with Gasteiger partial charge in [0.1, 0.15) is 30.5 Å². The van der Waals surface area contributed by atoms with Crippen molar-refractivity contribution in [1.82, 2.24) is 9.55 Å². The van der Waals surface area contributed by atoms with Gasteiger partial charge in [-0.15, -0.1) is 0 Å². The van der Waals surface area contributed by atoms with Gasteiger partial charge in [-0.3, -0.25) is 4.79 Å². The van der Waals surface area contributed by atoms with Crippen LogP contribution in [0.3, 0.4) is 0 Å². The fourth-order valence-corrected chi connectivity index (χ4v) is 5.07. The highest BCUT2D eigenvalue weighted by Gasteiger charge is 2.35. The monoisotopic (exact) mass is 499 g/mol. The first-order chi connectivity index (χ1) is 18.2. The zero-order chi connectivity index (χ0) is 25.2. The van der Waals surface area contributed by atoms with E-state index in [-0.39, 0.29) is 11.8 Å². The molecule has 2 aliphatic rings. The Hall–Kier alpha value is -4.20. The zero-order valence-electron chi connectivity index (χ0n) is 20.8. The van der Waals surface area contributed by atoms with Gasteiger partial charge < -0.3 is 28.4 Å². The van der Waals surface area contributed by atoms with Crippen LogP contribution in [0.15, 0.2) is 66.7 Å². The molecule has 1 atom stereocenters. The quantitative estimate of drug-likeness (QED) is 0.324. The van der Waals surface area contributed by atoms with E-state index in [1.54, 1.807) is 7.11 Å². The number of carbonyl (C=O) groups is 1. The van der Waals surface area contributed by atoms with Gasteiger partial charge in [-0.1, -0.05) is 18.2 Å². The molecule has 4 aromatic rings. The summed E-state index contributed by atoms with van der Waals surface area (Å²) in [5, 5.41) is 0. The Labute approximate surface area is 215 Å². The van der Waals surface area contributed by atoms with E-state index in [1.807, 2.05) is 65.6 Å². The van der Waals surface area contributed by atoms with Crippen molar-refractivity contribution < 1.29 is 23.7 Å². The van der Waals surface area contributed by atoms with E-state index in [9.17, 15) is 4.79 Å². The number of benzene rings is 3. The molecule has 1 amide bonds. The molecule has 0 N–H and O–H groups in total. The summed E-state index contributed by atoms with van der Waals surface area (Å²) < 4.78 is 24.9. The molecule has 3 aromatic carbocycles. The van der Waals surface area contributed by atoms with Crippen LogP contribution >= 0.6 is 0 Å². The van der Waals surface area contributed by atoms with Crippen LogP contribution in [0.5, 0.6) is 23.0 Å². The minimum absolute atomic E-state index is 0.00703. The summed E-state index contributed by atoms with van der Waals surface area (Å²) in [6.45, 7) is 2.93. The second-order valence-electron chi connectivity index (χ2n) is 9.22. The second kappa shape index (κ2) is 10.0. The SMILES string of the molecule is COc1cccc(OCCCn2c(C3CC(=O)N(c4ccc5c(c4)OCCO5)C3)nc3ccccc32)c1. The maximum atomic E-state index is 13.1. The number of carbonyl (C=O) groups excluding carboxylic acids is 1. The molecule has 0 aliphatic carbocycles. The predicted octanol–water partition coefficient (Wildman–Crippen LogP) is 4.81. The molecule has 8 heteroatoms. The van der Waals surface area contributed by atoms with Crippen molar-refractivity contribution in [2.75, 3.05) is 38.4 Å². The third kappa shape index (κ3) is 4.67. The summed E-state index contributed by atoms with van der Waals surface area (Å²) in [4.78, 5) is 19.9. The van der Waals surface area contributed by atoms with E-state index in [2.05, 4.69) is 10.6 Å². The lowest BCUT2D eigenvalue weighted by molar-refractivity contribution is -0.117. The van der Waals surface area contributed by atoms with Crippen LogP contribution < -0.4 is 23.8 Å². The number of rotatable bonds is 8. The molecular formula is C29H29N3O5. The van der Waals surface area contributed by atoms with Crippen molar-refractivity contribution in [2.45, 2.75) is 25.3 Å². The Balaban J connectivity index is 1.20. The Kier molecular flexibility index (Phi) is 6.30. The molecule has 1 fully saturated rings. The average molecular weight is 500 g/mol. The molecule has 0 saturated carbocycles. The lowest BCUT2D eigenvalue weighted by Crippen LogP contribution is -2.25. The van der Waals surface area contributed by atoms with Crippen LogP contribution in [-0.4, -0.2) is 48.9 Å². The largest absolute Gasteiger partial charge is 0.497 e. The van der Waals surface area contributed by atoms with E-state index in [1.165, 1.54) is 0 Å². The molecule has 0 bridgehead atoms. The van der Waals surface area contributed by atoms with Gasteiger partial charge in [0.2, 0.25) is 5.91 Å². The summed E-state index contributed by atoms with van der Waals surface area (Å²) in [6.07, 6.45) is 1.22. The fraction of sp³-hybridized carbons (Fsp3) is 0.310. The van der Waals surface area contributed by atoms with E-state index >= 15 is 0 Å². The maximum Gasteiger partial charge on any atom is 0.227 e. The van der Waals surface area contributed by atoms with Crippen molar-refractivity contribution in [3.05, 3.63) is 72.6 Å². The average Bonchev–Trinajstić information content (AvgIpc) is 3.51. The van der Waals surface area contributed by atoms with Crippen LogP contribution in [0.25, 0.3) is 11.0 Å². The van der Waals surface area contributed by atoms with Crippen LogP contribution in [0.1, 0.15) is 24.6 Å². The van der Waals surface area contributed by atoms with E-state index < -0.39 is 0 Å². The first-order valence-electron chi connectivity index (χ1n) is 12.6. The summed E-state index contributed by atoms with van der Waals surface area (Å²) in [5.74, 6) is 3.98. The van der Waals surface area contributed by atoms with E-state index in [4.69, 9.17) is 23.9 Å². The Morgan fingerprint density at radius 1 is 0.973 bits per heavy atom. The Morgan fingerprint density at radius 3 is 2.70 bits per heavy atom. The lowest BCUT2D eigenvalue weighted by Gasteiger charge is -2.22. The summed E-state index contributed by atoms with van der Waals surface area (Å²) in [6, 6.07) is 21.5. The summed E-state index contributed by atoms with van der Waals surface area (Å²) in [7, 11) is 1.65. The van der Waals surface area contributed by atoms with Gasteiger partial charge in [0.25, 0.3) is 0 Å². The molecule has 37 heavy (non-hydrogen) atoms. The third-order valence-corrected chi connectivity index (χ3v) is 6.85. The topological polar surface area (TPSA) is 75.1 Å². The maximum absolute atomic E-state index is 13.1. The molecule has 8 nitrogen and oxygen atoms in total. The number of aryl methyl sites for hydroxylation is 1. The van der Waals surface area contributed by atoms with Crippen LogP contribution in [0.2, 0.25) is 0 Å². The molecule has 1 aromatic heterocycles. The van der Waals surface area contributed by atoms with Crippen molar-refractivity contribution in [3.63, 3.8) is 0 Å². The van der Waals surface area contributed by atoms with Crippen molar-refractivity contribution in [1.29, 1.82) is 0 Å². The minimum Gasteiger partial charge on any atom is -0.497 e. The number of anilines is 1. The van der Waals surface area contributed by atoms with Crippen LogP contribution in [0, 0.1) is 0 Å². The van der Waals surface area contributed by atoms with Gasteiger partial charge >= 0.3 is 0 Å². The van der Waals surface area contributed by atoms with Crippen molar-refractivity contribution in [2.24, 2.45) is 0 Å². The standard InChI is InChI=1S/C29H29N3O5/c1-34-22-6-4-7-23(18-22)35-13-5-12-31-25-9-3-2-8-24(25)30-29(31)20-16-28(33)32(19-20)21-10-11-26-27(17-21)37-15-14-36-26/h2-4,6-11,17-18,20H,5,12-16,19H2,1H3. The molecule has 1 unspecified atom stereocenters. The molecule has 0 spiro atoms. The smallest absolute Gasteiger partial charge is 0.227 e. The molecule has 6 rings (SSSR count). The van der Waals surface area contributed by atoms with Crippen molar-refractivity contribution >= 4 is 22.6 Å². The van der Waals surface area contributed by atoms with Gasteiger partial charge in [0.15, 0.2) is 11.5 Å². The highest BCUT2D eigenvalue weighted by Crippen LogP contribution is 2.38. The molecule has 3 heterocycles. The number of ether oxygens (including phenoxy) is 4. The Bertz CT molecular complexity index is 1430. The number of hydrogen-bond acceptors (Lipinski definition) is 6. The first kappa shape index (κ1) is 23.2. The minimum atomic E-state index is -0.00703. The third-order valence-electron chi connectivity index (χ3n) is 6.85. The molecule has 0 radical (unpaired) electrons. The summed E-state index contributed by atoms with van der Waals surface area (Å²) in [5.41, 5.74) is 2.84. The number of fused-ring (bicyclic) bond motifs is 2. The fourth-order valence-electron chi connectivity index (χ4n) is 5.07. The van der Waals surface area contributed by atoms with Gasteiger partial charge in [-0.25, -0.2) is 4.98 Å². The number of hydrogen-bond donors (Lipinski definition) is 0. The summed E-state index contributed by atoms with van der Waals surface area (Å²) >= 11 is 0. The van der Waals surface area contributed by atoms with Crippen LogP contribution in [0.4, 0.5) is 5.69 Å². The van der Waals surface area contributed by atoms with Gasteiger partial charge in [0, 0.05) is 43.2 Å². The van der Waals surface area contributed by atoms with E-state index in [0.29, 0.717) is 38.5 Å². The number of imidazole rings is 1. The normalized spacial score (nSPS) is 16.8. The second-order valence-corrected chi connectivity index (χ2v) is 9.22. The molecular weight excluding hydrogens is 470 g/mol. The lowest BCUT2D eigenvalue weighted by atomic mass is 10.1. The number of nitrogens with zero attached hydrogens (tertiary/aromatic N) is 3. The molecule has 2 aliphatic heterocycles. The zero-order valence-corrected chi connectivity index (χ0v) is 20.8. The number of aromatic nitrogens is 2. The van der Waals surface area contributed by atoms with E-state index in [0.717, 1.165) is 52.8 Å². The van der Waals surface area contributed by atoms with Gasteiger partial charge in [0.05, 0.1) is 24.8 Å². The molecule has 190 valence electrons. The van der Waals surface area contributed by atoms with Crippen LogP contribution in [-0.2, 0) is 11.3 Å². The highest BCUT2D eigenvalue weighted by atomic mass is 16.6.